The molecule has 266 valence electrons. The fourth-order valence-electron chi connectivity index (χ4n) is 7.62. The van der Waals surface area contributed by atoms with Crippen molar-refractivity contribution in [1.82, 2.24) is 15.0 Å². The summed E-state index contributed by atoms with van der Waals surface area (Å²) in [6.45, 7) is 4.49. The fourth-order valence-corrected chi connectivity index (χ4v) is 7.62. The predicted octanol–water partition coefficient (Wildman–Crippen LogP) is 13.8. The van der Waals surface area contributed by atoms with E-state index < -0.39 is 0 Å². The Morgan fingerprint density at radius 2 is 0.554 bits per heavy atom. The third-order valence-corrected chi connectivity index (χ3v) is 10.5. The van der Waals surface area contributed by atoms with Crippen LogP contribution in [0.15, 0.2) is 200 Å². The Labute approximate surface area is 328 Å². The molecule has 0 aliphatic carbocycles. The second-order valence-electron chi connectivity index (χ2n) is 14.1. The van der Waals surface area contributed by atoms with Crippen molar-refractivity contribution in [1.29, 1.82) is 0 Å². The van der Waals surface area contributed by atoms with Gasteiger partial charge in [0.25, 0.3) is 0 Å². The SMILES string of the molecule is Cc1c(-c2cccc(-c3ccccc3)c2)cccc1-c1cccc(-c2cc(-c3ccccc3)cc(-c3nc(-c4ccccc4)nc(-c4ccccc4)n3)c2)c1C. The molecule has 0 unspecified atom stereocenters. The van der Waals surface area contributed by atoms with E-state index in [2.05, 4.69) is 153 Å². The highest BCUT2D eigenvalue weighted by molar-refractivity contribution is 5.87. The lowest BCUT2D eigenvalue weighted by molar-refractivity contribution is 1.07. The molecule has 8 aromatic carbocycles. The lowest BCUT2D eigenvalue weighted by Gasteiger charge is -2.18. The smallest absolute Gasteiger partial charge is 0.164 e. The van der Waals surface area contributed by atoms with E-state index in [-0.39, 0.29) is 0 Å². The maximum Gasteiger partial charge on any atom is 0.164 e. The standard InChI is InChI=1S/C53H39N3/c1-36-47(43-27-15-26-42(32-43)38-18-7-3-8-19-38)28-16-30-49(36)50-31-17-29-48(37(50)2)45-33-44(39-20-9-4-10-21-39)34-46(35-45)53-55-51(40-22-11-5-12-23-40)54-52(56-53)41-24-13-6-14-25-41/h3-35H,1-2H3. The van der Waals surface area contributed by atoms with Crippen LogP contribution in [0.4, 0.5) is 0 Å². The summed E-state index contributed by atoms with van der Waals surface area (Å²) < 4.78 is 0. The van der Waals surface area contributed by atoms with Crippen molar-refractivity contribution in [2.45, 2.75) is 13.8 Å². The van der Waals surface area contributed by atoms with Crippen LogP contribution in [0.2, 0.25) is 0 Å². The van der Waals surface area contributed by atoms with E-state index in [9.17, 15) is 0 Å². The van der Waals surface area contributed by atoms with Crippen LogP contribution in [0.3, 0.4) is 0 Å². The molecule has 0 spiro atoms. The molecular weight excluding hydrogens is 679 g/mol. The van der Waals surface area contributed by atoms with E-state index >= 15 is 0 Å². The van der Waals surface area contributed by atoms with Crippen molar-refractivity contribution < 1.29 is 0 Å². The number of rotatable bonds is 8. The Kier molecular flexibility index (Phi) is 9.41. The van der Waals surface area contributed by atoms with Gasteiger partial charge >= 0.3 is 0 Å². The van der Waals surface area contributed by atoms with Crippen LogP contribution in [-0.4, -0.2) is 15.0 Å². The zero-order valence-electron chi connectivity index (χ0n) is 31.4. The highest BCUT2D eigenvalue weighted by Crippen LogP contribution is 2.40. The fraction of sp³-hybridized carbons (Fsp3) is 0.0377. The van der Waals surface area contributed by atoms with Gasteiger partial charge in [0, 0.05) is 16.7 Å². The first-order valence-corrected chi connectivity index (χ1v) is 19.0. The topological polar surface area (TPSA) is 38.7 Å². The largest absolute Gasteiger partial charge is 0.208 e. The van der Waals surface area contributed by atoms with Gasteiger partial charge < -0.3 is 0 Å². The Bertz CT molecular complexity index is 2740. The van der Waals surface area contributed by atoms with Crippen molar-refractivity contribution in [3.63, 3.8) is 0 Å². The highest BCUT2D eigenvalue weighted by atomic mass is 15.0. The van der Waals surface area contributed by atoms with Crippen molar-refractivity contribution in [2.24, 2.45) is 0 Å². The predicted molar refractivity (Wildman–Crippen MR) is 233 cm³/mol. The number of hydrogen-bond donors (Lipinski definition) is 0. The molecule has 0 amide bonds. The third kappa shape index (κ3) is 6.95. The van der Waals surface area contributed by atoms with Crippen LogP contribution in [-0.2, 0) is 0 Å². The second-order valence-corrected chi connectivity index (χ2v) is 14.1. The Hall–Kier alpha value is -7.23. The van der Waals surface area contributed by atoms with Gasteiger partial charge in [-0.1, -0.05) is 176 Å². The minimum Gasteiger partial charge on any atom is -0.208 e. The Balaban J connectivity index is 1.18. The quantitative estimate of drug-likeness (QED) is 0.157. The van der Waals surface area contributed by atoms with E-state index in [0.29, 0.717) is 17.5 Å². The van der Waals surface area contributed by atoms with E-state index in [1.165, 1.54) is 44.5 Å². The highest BCUT2D eigenvalue weighted by Gasteiger charge is 2.18. The summed E-state index contributed by atoms with van der Waals surface area (Å²) in [7, 11) is 0. The Morgan fingerprint density at radius 1 is 0.232 bits per heavy atom. The average molecular weight is 718 g/mol. The molecule has 9 rings (SSSR count). The summed E-state index contributed by atoms with van der Waals surface area (Å²) in [4.78, 5) is 15.2. The van der Waals surface area contributed by atoms with Gasteiger partial charge in [-0.05, 0) is 105 Å². The molecule has 1 heterocycles. The number of aromatic nitrogens is 3. The van der Waals surface area contributed by atoms with Crippen molar-refractivity contribution in [3.05, 3.63) is 211 Å². The normalized spacial score (nSPS) is 11.0. The molecule has 3 nitrogen and oxygen atoms in total. The van der Waals surface area contributed by atoms with Gasteiger partial charge in [0.1, 0.15) is 0 Å². The molecule has 1 aromatic heterocycles. The van der Waals surface area contributed by atoms with Gasteiger partial charge in [-0.3, -0.25) is 0 Å². The molecule has 3 heteroatoms. The van der Waals surface area contributed by atoms with Gasteiger partial charge in [-0.15, -0.1) is 0 Å². The minimum absolute atomic E-state index is 0.631. The summed E-state index contributed by atoms with van der Waals surface area (Å²) in [5, 5.41) is 0. The third-order valence-electron chi connectivity index (χ3n) is 10.5. The van der Waals surface area contributed by atoms with Crippen LogP contribution >= 0.6 is 0 Å². The maximum absolute atomic E-state index is 5.11. The lowest BCUT2D eigenvalue weighted by atomic mass is 9.87. The summed E-state index contributed by atoms with van der Waals surface area (Å²) in [6.07, 6.45) is 0. The monoisotopic (exact) mass is 717 g/mol. The van der Waals surface area contributed by atoms with Crippen LogP contribution < -0.4 is 0 Å². The number of nitrogens with zero attached hydrogens (tertiary/aromatic N) is 3. The molecule has 0 aliphatic rings. The zero-order chi connectivity index (χ0) is 37.8. The molecule has 0 radical (unpaired) electrons. The first-order valence-electron chi connectivity index (χ1n) is 19.0. The van der Waals surface area contributed by atoms with Gasteiger partial charge in [0.05, 0.1) is 0 Å². The zero-order valence-corrected chi connectivity index (χ0v) is 31.4. The van der Waals surface area contributed by atoms with Crippen LogP contribution in [0.25, 0.3) is 89.8 Å². The van der Waals surface area contributed by atoms with E-state index in [1.54, 1.807) is 0 Å². The number of hydrogen-bond acceptors (Lipinski definition) is 3. The van der Waals surface area contributed by atoms with Gasteiger partial charge in [0.15, 0.2) is 17.5 Å². The average Bonchev–Trinajstić information content (AvgIpc) is 3.27. The molecule has 0 aliphatic heterocycles. The molecule has 0 saturated carbocycles. The molecule has 56 heavy (non-hydrogen) atoms. The molecule has 0 saturated heterocycles. The molecule has 0 bridgehead atoms. The van der Waals surface area contributed by atoms with Crippen LogP contribution in [0.5, 0.6) is 0 Å². The minimum atomic E-state index is 0.631. The first-order chi connectivity index (χ1) is 27.6. The van der Waals surface area contributed by atoms with Gasteiger partial charge in [0.2, 0.25) is 0 Å². The molecule has 9 aromatic rings. The summed E-state index contributed by atoms with van der Waals surface area (Å²) in [6, 6.07) is 70.3. The first kappa shape index (κ1) is 34.5. The number of benzene rings is 8. The van der Waals surface area contributed by atoms with E-state index in [1.807, 2.05) is 60.7 Å². The summed E-state index contributed by atoms with van der Waals surface area (Å²) in [5.74, 6) is 1.92. The van der Waals surface area contributed by atoms with Crippen LogP contribution in [0, 0.1) is 13.8 Å². The van der Waals surface area contributed by atoms with Gasteiger partial charge in [-0.2, -0.15) is 0 Å². The van der Waals surface area contributed by atoms with Crippen molar-refractivity contribution >= 4 is 0 Å². The van der Waals surface area contributed by atoms with Crippen molar-refractivity contribution in [3.8, 4) is 89.8 Å². The Morgan fingerprint density at radius 3 is 1.07 bits per heavy atom. The lowest BCUT2D eigenvalue weighted by Crippen LogP contribution is -2.00. The summed E-state index contributed by atoms with van der Waals surface area (Å²) in [5.41, 5.74) is 17.1. The van der Waals surface area contributed by atoms with Gasteiger partial charge in [-0.25, -0.2) is 15.0 Å². The van der Waals surface area contributed by atoms with E-state index in [0.717, 1.165) is 38.9 Å². The molecular formula is C53H39N3. The molecule has 0 fully saturated rings. The van der Waals surface area contributed by atoms with Crippen molar-refractivity contribution in [2.75, 3.05) is 0 Å². The maximum atomic E-state index is 5.11. The second kappa shape index (κ2) is 15.3. The summed E-state index contributed by atoms with van der Waals surface area (Å²) >= 11 is 0. The molecule has 0 N–H and O–H groups in total. The molecule has 0 atom stereocenters. The van der Waals surface area contributed by atoms with E-state index in [4.69, 9.17) is 15.0 Å². The van der Waals surface area contributed by atoms with Crippen LogP contribution in [0.1, 0.15) is 11.1 Å².